The molecule has 0 saturated carbocycles. The van der Waals surface area contributed by atoms with Gasteiger partial charge in [-0.05, 0) is 67.3 Å². The Morgan fingerprint density at radius 3 is 1.71 bits per heavy atom. The van der Waals surface area contributed by atoms with Crippen LogP contribution in [0.5, 0.6) is 0 Å². The molecule has 28 heavy (non-hydrogen) atoms. The zero-order chi connectivity index (χ0) is 21.8. The largest absolute Gasteiger partial charge is 0.285 e. The summed E-state index contributed by atoms with van der Waals surface area (Å²) < 4.78 is 0. The van der Waals surface area contributed by atoms with Gasteiger partial charge in [-0.1, -0.05) is 34.6 Å². The Bertz CT molecular complexity index is 385. The molecule has 2 unspecified atom stereocenters. The highest BCUT2D eigenvalue weighted by Gasteiger charge is 2.57. The van der Waals surface area contributed by atoms with E-state index in [0.29, 0.717) is 6.04 Å². The van der Waals surface area contributed by atoms with Crippen molar-refractivity contribution in [3.05, 3.63) is 0 Å². The van der Waals surface area contributed by atoms with Crippen LogP contribution in [0, 0.1) is 0 Å². The van der Waals surface area contributed by atoms with Crippen molar-refractivity contribution in [1.82, 2.24) is 36.2 Å². The van der Waals surface area contributed by atoms with E-state index in [1.807, 2.05) is 0 Å². The fourth-order valence-corrected chi connectivity index (χ4v) is 4.20. The van der Waals surface area contributed by atoms with E-state index in [0.717, 1.165) is 52.0 Å². The Hall–Kier alpha value is -0.280. The molecule has 0 rings (SSSR count). The molecule has 0 aromatic rings. The van der Waals surface area contributed by atoms with Crippen LogP contribution >= 0.6 is 0 Å². The van der Waals surface area contributed by atoms with Gasteiger partial charge in [0.1, 0.15) is 0 Å². The molecule has 0 heterocycles. The summed E-state index contributed by atoms with van der Waals surface area (Å²) in [5, 5.41) is 20.3. The second kappa shape index (κ2) is 13.9. The van der Waals surface area contributed by atoms with Crippen LogP contribution in [-0.2, 0) is 0 Å². The normalized spacial score (nSPS) is 16.9. The minimum atomic E-state index is -0.538. The van der Waals surface area contributed by atoms with Gasteiger partial charge >= 0.3 is 0 Å². The second-order valence-electron chi connectivity index (χ2n) is 7.99. The van der Waals surface area contributed by atoms with E-state index in [2.05, 4.69) is 106 Å². The third kappa shape index (κ3) is 6.36. The molecule has 0 bridgehead atoms. The first-order valence-electron chi connectivity index (χ1n) is 11.4. The van der Waals surface area contributed by atoms with Crippen molar-refractivity contribution in [1.29, 1.82) is 0 Å². The third-order valence-corrected chi connectivity index (χ3v) is 5.11. The highest BCUT2D eigenvalue weighted by atomic mass is 15.8. The van der Waals surface area contributed by atoms with Gasteiger partial charge in [-0.25, -0.2) is 10.0 Å². The number of nitrogens with one attached hydrogen (secondary N) is 4. The number of likely N-dealkylation sites (N-methyl/N-ethyl adjacent to an activating group) is 4. The fourth-order valence-electron chi connectivity index (χ4n) is 4.20. The van der Waals surface area contributed by atoms with Crippen molar-refractivity contribution < 1.29 is 0 Å². The average Bonchev–Trinajstić information content (AvgIpc) is 2.64. The molecule has 2 atom stereocenters. The van der Waals surface area contributed by atoms with Gasteiger partial charge in [0.25, 0.3) is 0 Å². The molecule has 0 amide bonds. The van der Waals surface area contributed by atoms with E-state index >= 15 is 0 Å². The van der Waals surface area contributed by atoms with E-state index in [-0.39, 0.29) is 0 Å². The van der Waals surface area contributed by atoms with Gasteiger partial charge in [0.15, 0.2) is 11.6 Å². The minimum Gasteiger partial charge on any atom is -0.285 e. The first kappa shape index (κ1) is 27.7. The molecular weight excluding hydrogens is 350 g/mol. The summed E-state index contributed by atoms with van der Waals surface area (Å²) in [6.45, 7) is 20.3. The summed E-state index contributed by atoms with van der Waals surface area (Å²) in [6, 6.07) is 0.308. The standard InChI is InChI=1S/C21H51N7/c1-11-16-24-21(26(9)10,25-19(6)7)20(22-8,23-14-4)28(15-5)27(17-12-2)18-13-3/h19,22-25H,11-18H2,1-10H3. The maximum Gasteiger partial charge on any atom is 0.186 e. The Morgan fingerprint density at radius 1 is 0.821 bits per heavy atom. The lowest BCUT2D eigenvalue weighted by Gasteiger charge is -2.61. The summed E-state index contributed by atoms with van der Waals surface area (Å²) in [7, 11) is 6.37. The lowest BCUT2D eigenvalue weighted by atomic mass is 10.0. The van der Waals surface area contributed by atoms with Crippen LogP contribution in [0.4, 0.5) is 0 Å². The fraction of sp³-hybridized carbons (Fsp3) is 1.00. The molecule has 0 aliphatic carbocycles. The summed E-state index contributed by atoms with van der Waals surface area (Å²) in [6.07, 6.45) is 3.32. The van der Waals surface area contributed by atoms with Crippen molar-refractivity contribution in [3.8, 4) is 0 Å². The maximum atomic E-state index is 3.88. The van der Waals surface area contributed by atoms with E-state index in [9.17, 15) is 0 Å². The highest BCUT2D eigenvalue weighted by Crippen LogP contribution is 2.27. The predicted molar refractivity (Wildman–Crippen MR) is 123 cm³/mol. The zero-order valence-electron chi connectivity index (χ0n) is 20.6. The number of rotatable bonds is 17. The number of hydrogen-bond acceptors (Lipinski definition) is 7. The molecule has 0 spiro atoms. The van der Waals surface area contributed by atoms with Gasteiger partial charge in [0.2, 0.25) is 0 Å². The number of hydrogen-bond donors (Lipinski definition) is 4. The Labute approximate surface area is 175 Å². The predicted octanol–water partition coefficient (Wildman–Crippen LogP) is 2.04. The number of nitrogens with zero attached hydrogens (tertiary/aromatic N) is 3. The SMILES string of the molecule is CCCNC(NC(C)C)(N(C)C)C(NC)(NCC)N(CC)N(CCC)CCC. The van der Waals surface area contributed by atoms with Crippen LogP contribution < -0.4 is 21.3 Å². The monoisotopic (exact) mass is 401 g/mol. The molecule has 7 nitrogen and oxygen atoms in total. The molecule has 4 N–H and O–H groups in total. The Kier molecular flexibility index (Phi) is 13.7. The molecular formula is C21H51N7. The molecule has 0 aromatic carbocycles. The van der Waals surface area contributed by atoms with Crippen LogP contribution in [0.25, 0.3) is 0 Å². The lowest BCUT2D eigenvalue weighted by Crippen LogP contribution is -2.91. The lowest BCUT2D eigenvalue weighted by molar-refractivity contribution is -0.215. The van der Waals surface area contributed by atoms with E-state index < -0.39 is 11.6 Å². The number of hydrazine groups is 1. The molecule has 0 aliphatic rings. The quantitative estimate of drug-likeness (QED) is 0.220. The van der Waals surface area contributed by atoms with E-state index in [4.69, 9.17) is 0 Å². The molecule has 0 aliphatic heterocycles. The van der Waals surface area contributed by atoms with Crippen LogP contribution in [0.1, 0.15) is 67.7 Å². The molecule has 0 aromatic heterocycles. The molecule has 7 heteroatoms. The second-order valence-corrected chi connectivity index (χ2v) is 7.99. The molecule has 0 saturated heterocycles. The molecule has 0 fully saturated rings. The minimum absolute atomic E-state index is 0.308. The van der Waals surface area contributed by atoms with Gasteiger partial charge in [-0.15, -0.1) is 0 Å². The average molecular weight is 402 g/mol. The van der Waals surface area contributed by atoms with E-state index in [1.54, 1.807) is 0 Å². The first-order chi connectivity index (χ1) is 13.3. The van der Waals surface area contributed by atoms with Crippen molar-refractivity contribution in [2.75, 3.05) is 53.9 Å². The summed E-state index contributed by atoms with van der Waals surface area (Å²) in [5.74, 6) is -1.05. The van der Waals surface area contributed by atoms with Crippen molar-refractivity contribution in [2.45, 2.75) is 85.3 Å². The highest BCUT2D eigenvalue weighted by molar-refractivity contribution is 5.05. The van der Waals surface area contributed by atoms with Crippen LogP contribution in [0.3, 0.4) is 0 Å². The molecule has 0 radical (unpaired) electrons. The van der Waals surface area contributed by atoms with Crippen molar-refractivity contribution in [3.63, 3.8) is 0 Å². The summed E-state index contributed by atoms with van der Waals surface area (Å²) >= 11 is 0. The first-order valence-corrected chi connectivity index (χ1v) is 11.4. The van der Waals surface area contributed by atoms with Crippen molar-refractivity contribution >= 4 is 0 Å². The summed E-state index contributed by atoms with van der Waals surface area (Å²) in [5.41, 5.74) is 0. The summed E-state index contributed by atoms with van der Waals surface area (Å²) in [4.78, 5) is 2.28. The zero-order valence-corrected chi connectivity index (χ0v) is 20.6. The van der Waals surface area contributed by atoms with Gasteiger partial charge in [0.05, 0.1) is 0 Å². The maximum absolute atomic E-state index is 3.88. The van der Waals surface area contributed by atoms with Crippen LogP contribution in [0.2, 0.25) is 0 Å². The van der Waals surface area contributed by atoms with Gasteiger partial charge in [-0.2, -0.15) is 0 Å². The van der Waals surface area contributed by atoms with Crippen LogP contribution in [-0.4, -0.2) is 86.4 Å². The Balaban J connectivity index is 6.63. The van der Waals surface area contributed by atoms with Crippen LogP contribution in [0.15, 0.2) is 0 Å². The van der Waals surface area contributed by atoms with E-state index in [1.165, 1.54) is 0 Å². The topological polar surface area (TPSA) is 57.8 Å². The van der Waals surface area contributed by atoms with Crippen molar-refractivity contribution in [2.24, 2.45) is 0 Å². The van der Waals surface area contributed by atoms with Gasteiger partial charge < -0.3 is 0 Å². The molecule has 170 valence electrons. The Morgan fingerprint density at radius 2 is 1.39 bits per heavy atom. The van der Waals surface area contributed by atoms with Gasteiger partial charge in [-0.3, -0.25) is 26.2 Å². The van der Waals surface area contributed by atoms with Gasteiger partial charge in [0, 0.05) is 25.7 Å². The third-order valence-electron chi connectivity index (χ3n) is 5.11. The smallest absolute Gasteiger partial charge is 0.186 e.